The number of methoxy groups -OCH3 is 1. The molecule has 0 amide bonds. The standard InChI is InChI=1S/C12H19N3O4/c1-3-4-19-11-8-13-7-10(15-11)14-6-9(18-2)5-12(16)17/h7-9H,3-6H2,1-2H3,(H,14,15)(H,16,17). The summed E-state index contributed by atoms with van der Waals surface area (Å²) in [4.78, 5) is 18.8. The summed E-state index contributed by atoms with van der Waals surface area (Å²) in [6, 6.07) is 0. The van der Waals surface area contributed by atoms with Gasteiger partial charge in [-0.05, 0) is 6.42 Å². The van der Waals surface area contributed by atoms with Crippen molar-refractivity contribution in [1.29, 1.82) is 0 Å². The van der Waals surface area contributed by atoms with Gasteiger partial charge < -0.3 is 19.9 Å². The van der Waals surface area contributed by atoms with E-state index in [4.69, 9.17) is 14.6 Å². The zero-order chi connectivity index (χ0) is 14.1. The molecule has 0 fully saturated rings. The molecule has 0 radical (unpaired) electrons. The molecule has 1 atom stereocenters. The van der Waals surface area contributed by atoms with Gasteiger partial charge in [0.15, 0.2) is 0 Å². The maximum Gasteiger partial charge on any atom is 0.306 e. The van der Waals surface area contributed by atoms with Gasteiger partial charge in [-0.15, -0.1) is 0 Å². The first-order chi connectivity index (χ1) is 9.15. The fraction of sp³-hybridized carbons (Fsp3) is 0.583. The summed E-state index contributed by atoms with van der Waals surface area (Å²) in [5.74, 6) is 0.0693. The molecule has 19 heavy (non-hydrogen) atoms. The van der Waals surface area contributed by atoms with Crippen LogP contribution in [-0.2, 0) is 9.53 Å². The third-order valence-corrected chi connectivity index (χ3v) is 2.31. The predicted molar refractivity (Wildman–Crippen MR) is 69.4 cm³/mol. The van der Waals surface area contributed by atoms with Crippen LogP contribution in [0.5, 0.6) is 5.88 Å². The molecular weight excluding hydrogens is 250 g/mol. The van der Waals surface area contributed by atoms with Gasteiger partial charge in [0, 0.05) is 13.7 Å². The van der Waals surface area contributed by atoms with Gasteiger partial charge in [-0.3, -0.25) is 9.78 Å². The minimum atomic E-state index is -0.903. The highest BCUT2D eigenvalue weighted by molar-refractivity contribution is 5.67. The van der Waals surface area contributed by atoms with Crippen molar-refractivity contribution in [2.24, 2.45) is 0 Å². The first-order valence-electron chi connectivity index (χ1n) is 6.09. The van der Waals surface area contributed by atoms with Crippen LogP contribution in [0.3, 0.4) is 0 Å². The molecule has 2 N–H and O–H groups in total. The van der Waals surface area contributed by atoms with Crippen LogP contribution in [0, 0.1) is 0 Å². The van der Waals surface area contributed by atoms with Crippen molar-refractivity contribution >= 4 is 11.8 Å². The molecule has 1 aromatic rings. The predicted octanol–water partition coefficient (Wildman–Crippen LogP) is 1.17. The summed E-state index contributed by atoms with van der Waals surface area (Å²) in [6.45, 7) is 2.93. The lowest BCUT2D eigenvalue weighted by molar-refractivity contribution is -0.139. The van der Waals surface area contributed by atoms with E-state index in [1.807, 2.05) is 6.92 Å². The van der Waals surface area contributed by atoms with E-state index in [2.05, 4.69) is 15.3 Å². The Bertz CT molecular complexity index is 400. The Morgan fingerprint density at radius 3 is 2.95 bits per heavy atom. The molecule has 0 aromatic carbocycles. The van der Waals surface area contributed by atoms with Crippen molar-refractivity contribution in [3.63, 3.8) is 0 Å². The second-order valence-corrected chi connectivity index (χ2v) is 3.93. The molecule has 1 heterocycles. The Labute approximate surface area is 112 Å². The second-order valence-electron chi connectivity index (χ2n) is 3.93. The molecule has 0 aliphatic heterocycles. The monoisotopic (exact) mass is 269 g/mol. The molecule has 0 saturated heterocycles. The lowest BCUT2D eigenvalue weighted by atomic mass is 10.2. The van der Waals surface area contributed by atoms with Crippen molar-refractivity contribution in [3.05, 3.63) is 12.4 Å². The third kappa shape index (κ3) is 6.01. The van der Waals surface area contributed by atoms with Crippen LogP contribution in [0.1, 0.15) is 19.8 Å². The van der Waals surface area contributed by atoms with Crippen molar-refractivity contribution in [2.75, 3.05) is 25.6 Å². The number of carbonyl (C=O) groups is 1. The first kappa shape index (κ1) is 15.2. The zero-order valence-electron chi connectivity index (χ0n) is 11.1. The minimum absolute atomic E-state index is 0.0665. The average Bonchev–Trinajstić information content (AvgIpc) is 2.41. The largest absolute Gasteiger partial charge is 0.481 e. The maximum atomic E-state index is 10.6. The molecule has 7 heteroatoms. The van der Waals surface area contributed by atoms with E-state index < -0.39 is 12.1 Å². The Morgan fingerprint density at radius 1 is 1.53 bits per heavy atom. The Morgan fingerprint density at radius 2 is 2.32 bits per heavy atom. The fourth-order valence-electron chi connectivity index (χ4n) is 1.36. The summed E-state index contributed by atoms with van der Waals surface area (Å²) in [7, 11) is 1.47. The van der Waals surface area contributed by atoms with Gasteiger partial charge in [-0.2, -0.15) is 4.98 Å². The van der Waals surface area contributed by atoms with E-state index in [-0.39, 0.29) is 6.42 Å². The van der Waals surface area contributed by atoms with Crippen LogP contribution in [-0.4, -0.2) is 47.4 Å². The van der Waals surface area contributed by atoms with E-state index in [1.165, 1.54) is 13.3 Å². The minimum Gasteiger partial charge on any atom is -0.481 e. The quantitative estimate of drug-likeness (QED) is 0.694. The molecule has 0 saturated carbocycles. The maximum absolute atomic E-state index is 10.6. The molecule has 0 spiro atoms. The Hall–Kier alpha value is -1.89. The highest BCUT2D eigenvalue weighted by Gasteiger charge is 2.12. The molecule has 7 nitrogen and oxygen atoms in total. The van der Waals surface area contributed by atoms with E-state index in [1.54, 1.807) is 6.20 Å². The normalized spacial score (nSPS) is 11.9. The smallest absolute Gasteiger partial charge is 0.306 e. The summed E-state index contributed by atoms with van der Waals surface area (Å²) in [5.41, 5.74) is 0. The number of nitrogens with one attached hydrogen (secondary N) is 1. The SMILES string of the molecule is CCCOc1cncc(NCC(CC(=O)O)OC)n1. The van der Waals surface area contributed by atoms with Gasteiger partial charge in [0.25, 0.3) is 0 Å². The number of aromatic nitrogens is 2. The molecule has 1 rings (SSSR count). The number of ether oxygens (including phenoxy) is 2. The molecule has 1 unspecified atom stereocenters. The van der Waals surface area contributed by atoms with E-state index in [9.17, 15) is 4.79 Å². The van der Waals surface area contributed by atoms with E-state index in [0.717, 1.165) is 6.42 Å². The van der Waals surface area contributed by atoms with Crippen molar-refractivity contribution in [2.45, 2.75) is 25.9 Å². The van der Waals surface area contributed by atoms with Gasteiger partial charge in [0.2, 0.25) is 5.88 Å². The molecule has 0 aliphatic carbocycles. The topological polar surface area (TPSA) is 93.6 Å². The van der Waals surface area contributed by atoms with E-state index in [0.29, 0.717) is 24.8 Å². The lowest BCUT2D eigenvalue weighted by Gasteiger charge is -2.14. The molecule has 0 bridgehead atoms. The number of nitrogens with zero attached hydrogens (tertiary/aromatic N) is 2. The number of aliphatic carboxylic acids is 1. The summed E-state index contributed by atoms with van der Waals surface area (Å²) in [5, 5.41) is 11.7. The average molecular weight is 269 g/mol. The Kier molecular flexibility index (Phi) is 6.59. The molecule has 0 aliphatic rings. The molecule has 1 aromatic heterocycles. The fourth-order valence-corrected chi connectivity index (χ4v) is 1.36. The highest BCUT2D eigenvalue weighted by atomic mass is 16.5. The number of anilines is 1. The lowest BCUT2D eigenvalue weighted by Crippen LogP contribution is -2.25. The number of hydrogen-bond donors (Lipinski definition) is 2. The van der Waals surface area contributed by atoms with Gasteiger partial charge in [0.05, 0.1) is 31.5 Å². The summed E-state index contributed by atoms with van der Waals surface area (Å²) in [6.07, 6.45) is 3.49. The van der Waals surface area contributed by atoms with Crippen LogP contribution < -0.4 is 10.1 Å². The Balaban J connectivity index is 2.49. The van der Waals surface area contributed by atoms with Crippen molar-refractivity contribution in [3.8, 4) is 5.88 Å². The van der Waals surface area contributed by atoms with Gasteiger partial charge in [0.1, 0.15) is 5.82 Å². The van der Waals surface area contributed by atoms with Gasteiger partial charge >= 0.3 is 5.97 Å². The van der Waals surface area contributed by atoms with Crippen molar-refractivity contribution in [1.82, 2.24) is 9.97 Å². The van der Waals surface area contributed by atoms with Gasteiger partial charge in [-0.25, -0.2) is 0 Å². The number of hydrogen-bond acceptors (Lipinski definition) is 6. The van der Waals surface area contributed by atoms with Crippen molar-refractivity contribution < 1.29 is 19.4 Å². The van der Waals surface area contributed by atoms with Crippen LogP contribution >= 0.6 is 0 Å². The third-order valence-electron chi connectivity index (χ3n) is 2.31. The number of carboxylic acids is 1. The second kappa shape index (κ2) is 8.25. The first-order valence-corrected chi connectivity index (χ1v) is 6.09. The number of carboxylic acid groups (broad SMARTS) is 1. The van der Waals surface area contributed by atoms with Crippen LogP contribution in [0.25, 0.3) is 0 Å². The number of rotatable bonds is 9. The highest BCUT2D eigenvalue weighted by Crippen LogP contribution is 2.10. The zero-order valence-corrected chi connectivity index (χ0v) is 11.1. The van der Waals surface area contributed by atoms with Gasteiger partial charge in [-0.1, -0.05) is 6.92 Å². The van der Waals surface area contributed by atoms with Crippen LogP contribution in [0.4, 0.5) is 5.82 Å². The molecule has 106 valence electrons. The van der Waals surface area contributed by atoms with E-state index >= 15 is 0 Å². The summed E-state index contributed by atoms with van der Waals surface area (Å²) >= 11 is 0. The van der Waals surface area contributed by atoms with Crippen LogP contribution in [0.15, 0.2) is 12.4 Å². The molecular formula is C12H19N3O4. The van der Waals surface area contributed by atoms with Crippen LogP contribution in [0.2, 0.25) is 0 Å². The summed E-state index contributed by atoms with van der Waals surface area (Å²) < 4.78 is 10.4.